The molecule has 0 bridgehead atoms. The number of aryl methyl sites for hydroxylation is 3. The number of nitrogens with two attached hydrogens (primary N) is 2. The molecule has 1 aromatic carbocycles. The van der Waals surface area contributed by atoms with Crippen LogP contribution in [-0.4, -0.2) is 15.7 Å². The fourth-order valence-electron chi connectivity index (χ4n) is 1.93. The van der Waals surface area contributed by atoms with Crippen LogP contribution < -0.4 is 16.2 Å². The summed E-state index contributed by atoms with van der Waals surface area (Å²) >= 11 is 0. The van der Waals surface area contributed by atoms with Crippen molar-refractivity contribution >= 4 is 11.6 Å². The Labute approximate surface area is 111 Å². The number of nitrogen functional groups attached to an aromatic ring is 1. The molecule has 19 heavy (non-hydrogen) atoms. The summed E-state index contributed by atoms with van der Waals surface area (Å²) in [6.45, 7) is 3.58. The van der Waals surface area contributed by atoms with Crippen LogP contribution in [0.1, 0.15) is 21.6 Å². The Morgan fingerprint density at radius 1 is 1.37 bits per heavy atom. The molecule has 6 nitrogen and oxygen atoms in total. The third-order valence-electron chi connectivity index (χ3n) is 2.82. The molecule has 6 heteroatoms. The van der Waals surface area contributed by atoms with Crippen LogP contribution in [0.25, 0.3) is 0 Å². The second-order valence-electron chi connectivity index (χ2n) is 4.38. The second kappa shape index (κ2) is 4.64. The summed E-state index contributed by atoms with van der Waals surface area (Å²) in [7, 11) is 1.70. The van der Waals surface area contributed by atoms with Crippen LogP contribution in [0.2, 0.25) is 0 Å². The predicted octanol–water partition coefficient (Wildman–Crippen LogP) is 1.51. The first-order valence-corrected chi connectivity index (χ1v) is 5.77. The molecule has 4 N–H and O–H groups in total. The number of rotatable bonds is 3. The Kier molecular flexibility index (Phi) is 3.16. The number of hydrogen-bond donors (Lipinski definition) is 2. The van der Waals surface area contributed by atoms with E-state index in [0.29, 0.717) is 28.6 Å². The molecule has 100 valence electrons. The zero-order valence-corrected chi connectivity index (χ0v) is 11.1. The first kappa shape index (κ1) is 12.9. The van der Waals surface area contributed by atoms with Crippen LogP contribution in [0.5, 0.6) is 11.6 Å². The van der Waals surface area contributed by atoms with Gasteiger partial charge in [-0.3, -0.25) is 4.79 Å². The first-order valence-electron chi connectivity index (χ1n) is 5.77. The zero-order chi connectivity index (χ0) is 14.2. The molecule has 0 spiro atoms. The lowest BCUT2D eigenvalue weighted by atomic mass is 10.2. The molecule has 0 unspecified atom stereocenters. The molecule has 0 saturated heterocycles. The van der Waals surface area contributed by atoms with E-state index in [9.17, 15) is 4.79 Å². The van der Waals surface area contributed by atoms with E-state index < -0.39 is 5.91 Å². The Morgan fingerprint density at radius 3 is 2.63 bits per heavy atom. The molecular weight excluding hydrogens is 244 g/mol. The smallest absolute Gasteiger partial charge is 0.256 e. The van der Waals surface area contributed by atoms with Gasteiger partial charge in [-0.25, -0.2) is 4.68 Å². The van der Waals surface area contributed by atoms with Gasteiger partial charge in [-0.05, 0) is 37.6 Å². The molecule has 0 aliphatic heterocycles. The summed E-state index contributed by atoms with van der Waals surface area (Å²) in [4.78, 5) is 11.5. The lowest BCUT2D eigenvalue weighted by Gasteiger charge is -2.10. The molecule has 0 aliphatic carbocycles. The predicted molar refractivity (Wildman–Crippen MR) is 72.1 cm³/mol. The van der Waals surface area contributed by atoms with Gasteiger partial charge in [-0.2, -0.15) is 5.10 Å². The van der Waals surface area contributed by atoms with E-state index in [4.69, 9.17) is 16.2 Å². The van der Waals surface area contributed by atoms with Crippen LogP contribution in [0, 0.1) is 13.8 Å². The number of ether oxygens (including phenoxy) is 1. The van der Waals surface area contributed by atoms with Crippen LogP contribution in [-0.2, 0) is 7.05 Å². The molecular formula is C13H16N4O2. The van der Waals surface area contributed by atoms with Crippen molar-refractivity contribution < 1.29 is 9.53 Å². The van der Waals surface area contributed by atoms with Crippen molar-refractivity contribution in [2.75, 3.05) is 5.73 Å². The maximum atomic E-state index is 11.5. The number of carbonyl (C=O) groups is 1. The van der Waals surface area contributed by atoms with Gasteiger partial charge in [0.15, 0.2) is 0 Å². The van der Waals surface area contributed by atoms with E-state index in [0.717, 1.165) is 5.56 Å². The number of anilines is 1. The summed E-state index contributed by atoms with van der Waals surface area (Å²) < 4.78 is 7.24. The monoisotopic (exact) mass is 260 g/mol. The average molecular weight is 260 g/mol. The molecule has 0 saturated carbocycles. The van der Waals surface area contributed by atoms with Gasteiger partial charge in [0.25, 0.3) is 5.91 Å². The second-order valence-corrected chi connectivity index (χ2v) is 4.38. The molecule has 0 aliphatic rings. The summed E-state index contributed by atoms with van der Waals surface area (Å²) in [5, 5.41) is 4.14. The van der Waals surface area contributed by atoms with Crippen molar-refractivity contribution in [1.29, 1.82) is 0 Å². The van der Waals surface area contributed by atoms with Gasteiger partial charge in [-0.1, -0.05) is 0 Å². The van der Waals surface area contributed by atoms with Crippen LogP contribution >= 0.6 is 0 Å². The Hall–Kier alpha value is -2.50. The van der Waals surface area contributed by atoms with E-state index in [1.807, 2.05) is 6.92 Å². The quantitative estimate of drug-likeness (QED) is 0.817. The molecule has 0 fully saturated rings. The van der Waals surface area contributed by atoms with Gasteiger partial charge in [0.05, 0.1) is 5.69 Å². The maximum Gasteiger partial charge on any atom is 0.256 e. The fourth-order valence-corrected chi connectivity index (χ4v) is 1.93. The molecule has 1 heterocycles. The molecule has 0 radical (unpaired) electrons. The third kappa shape index (κ3) is 2.37. The Balaban J connectivity index is 2.46. The van der Waals surface area contributed by atoms with Gasteiger partial charge in [0.2, 0.25) is 5.88 Å². The van der Waals surface area contributed by atoms with Gasteiger partial charge in [0.1, 0.15) is 11.3 Å². The number of carbonyl (C=O) groups excluding carboxylic acids is 1. The summed E-state index contributed by atoms with van der Waals surface area (Å²) in [5.74, 6) is 0.381. The largest absolute Gasteiger partial charge is 0.438 e. The number of benzene rings is 1. The fraction of sp³-hybridized carbons (Fsp3) is 0.231. The lowest BCUT2D eigenvalue weighted by molar-refractivity contribution is 0.0997. The van der Waals surface area contributed by atoms with Crippen LogP contribution in [0.15, 0.2) is 18.2 Å². The minimum absolute atomic E-state index is 0.290. The number of primary amides is 1. The number of aromatic nitrogens is 2. The zero-order valence-electron chi connectivity index (χ0n) is 11.1. The topological polar surface area (TPSA) is 96.2 Å². The highest BCUT2D eigenvalue weighted by atomic mass is 16.5. The summed E-state index contributed by atoms with van der Waals surface area (Å²) in [6, 6.07) is 5.27. The van der Waals surface area contributed by atoms with Crippen molar-refractivity contribution in [2.24, 2.45) is 12.8 Å². The van der Waals surface area contributed by atoms with Crippen molar-refractivity contribution in [1.82, 2.24) is 9.78 Å². The van der Waals surface area contributed by atoms with Gasteiger partial charge in [-0.15, -0.1) is 0 Å². The molecule has 0 atom stereocenters. The van der Waals surface area contributed by atoms with Crippen molar-refractivity contribution in [2.45, 2.75) is 13.8 Å². The van der Waals surface area contributed by atoms with Gasteiger partial charge in [0, 0.05) is 12.7 Å². The van der Waals surface area contributed by atoms with Crippen molar-refractivity contribution in [3.8, 4) is 11.6 Å². The van der Waals surface area contributed by atoms with Crippen molar-refractivity contribution in [3.63, 3.8) is 0 Å². The van der Waals surface area contributed by atoms with E-state index in [1.165, 1.54) is 4.68 Å². The van der Waals surface area contributed by atoms with Gasteiger partial charge >= 0.3 is 0 Å². The van der Waals surface area contributed by atoms with Crippen LogP contribution in [0.4, 0.5) is 5.69 Å². The lowest BCUT2D eigenvalue weighted by Crippen LogP contribution is -2.13. The van der Waals surface area contributed by atoms with Crippen molar-refractivity contribution in [3.05, 3.63) is 35.0 Å². The molecule has 2 aromatic rings. The summed E-state index contributed by atoms with van der Waals surface area (Å²) in [6.07, 6.45) is 0. The first-order chi connectivity index (χ1) is 8.90. The molecule has 1 aromatic heterocycles. The standard InChI is InChI=1S/C13H16N4O2/c1-7-6-9(14)4-5-10(7)19-13-11(12(15)18)8(2)16-17(13)3/h4-6H,14H2,1-3H3,(H2,15,18). The van der Waals surface area contributed by atoms with E-state index in [1.54, 1.807) is 32.2 Å². The third-order valence-corrected chi connectivity index (χ3v) is 2.82. The summed E-state index contributed by atoms with van der Waals surface area (Å²) in [5.41, 5.74) is 13.4. The number of amides is 1. The number of nitrogens with zero attached hydrogens (tertiary/aromatic N) is 2. The molecule has 1 amide bonds. The van der Waals surface area contributed by atoms with E-state index >= 15 is 0 Å². The number of hydrogen-bond acceptors (Lipinski definition) is 4. The highest BCUT2D eigenvalue weighted by molar-refractivity contribution is 5.96. The highest BCUT2D eigenvalue weighted by Crippen LogP contribution is 2.29. The van der Waals surface area contributed by atoms with Gasteiger partial charge < -0.3 is 16.2 Å². The molecule has 2 rings (SSSR count). The SMILES string of the molecule is Cc1cc(N)ccc1Oc1c(C(N)=O)c(C)nn1C. The van der Waals surface area contributed by atoms with E-state index in [-0.39, 0.29) is 0 Å². The maximum absolute atomic E-state index is 11.5. The Bertz CT molecular complexity index is 646. The minimum Gasteiger partial charge on any atom is -0.438 e. The highest BCUT2D eigenvalue weighted by Gasteiger charge is 2.20. The minimum atomic E-state index is -0.561. The van der Waals surface area contributed by atoms with Crippen LogP contribution in [0.3, 0.4) is 0 Å². The normalized spacial score (nSPS) is 10.5. The van der Waals surface area contributed by atoms with E-state index in [2.05, 4.69) is 5.10 Å². The average Bonchev–Trinajstić information content (AvgIpc) is 2.57. The Morgan fingerprint density at radius 2 is 2.05 bits per heavy atom.